The number of carbonyl (C=O) groups excluding carboxylic acids is 1. The summed E-state index contributed by atoms with van der Waals surface area (Å²) in [7, 11) is 0. The molecule has 1 saturated carbocycles. The lowest BCUT2D eigenvalue weighted by molar-refractivity contribution is 0.0196. The normalized spacial score (nSPS) is 25.9. The number of aliphatic hydroxyl groups excluding tert-OH is 1. The maximum Gasteiger partial charge on any atom is 0.253 e. The van der Waals surface area contributed by atoms with Crippen molar-refractivity contribution < 1.29 is 15.0 Å². The molecule has 1 atom stereocenters. The lowest BCUT2D eigenvalue weighted by Crippen LogP contribution is -2.48. The summed E-state index contributed by atoms with van der Waals surface area (Å²) in [5.74, 6) is 0.924. The molecule has 0 bridgehead atoms. The molecular formula is C17H23NO3. The summed E-state index contributed by atoms with van der Waals surface area (Å²) in [6, 6.07) is 6.41. The van der Waals surface area contributed by atoms with Crippen LogP contribution in [0, 0.1) is 11.3 Å². The standard InChI is InChI=1S/C17H23NO3/c19-12-17(10-13-2-3-13)8-1-9-18(11-17)16(21)14-4-6-15(20)7-5-14/h4-7,13,19-20H,1-3,8-12H2/t17-/m0/s1. The number of rotatable bonds is 4. The smallest absolute Gasteiger partial charge is 0.253 e. The Balaban J connectivity index is 1.72. The zero-order valence-corrected chi connectivity index (χ0v) is 12.3. The lowest BCUT2D eigenvalue weighted by Gasteiger charge is -2.42. The number of phenolic OH excluding ortho intramolecular Hbond substituents is 1. The quantitative estimate of drug-likeness (QED) is 0.895. The second-order valence-electron chi connectivity index (χ2n) is 6.68. The third kappa shape index (κ3) is 3.21. The molecule has 1 aromatic carbocycles. The van der Waals surface area contributed by atoms with Gasteiger partial charge >= 0.3 is 0 Å². The van der Waals surface area contributed by atoms with Gasteiger partial charge in [0.1, 0.15) is 5.75 Å². The highest BCUT2D eigenvalue weighted by atomic mass is 16.3. The number of hydrogen-bond donors (Lipinski definition) is 2. The van der Waals surface area contributed by atoms with Crippen LogP contribution in [0.1, 0.15) is 42.5 Å². The molecule has 4 heteroatoms. The Morgan fingerprint density at radius 1 is 1.29 bits per heavy atom. The maximum atomic E-state index is 12.6. The Bertz CT molecular complexity index is 509. The molecule has 1 aliphatic carbocycles. The van der Waals surface area contributed by atoms with E-state index in [0.717, 1.165) is 31.7 Å². The molecule has 0 aromatic heterocycles. The minimum Gasteiger partial charge on any atom is -0.508 e. The molecule has 4 nitrogen and oxygen atoms in total. The Labute approximate surface area is 125 Å². The van der Waals surface area contributed by atoms with E-state index in [1.807, 2.05) is 4.90 Å². The van der Waals surface area contributed by atoms with Crippen molar-refractivity contribution in [3.63, 3.8) is 0 Å². The third-order valence-electron chi connectivity index (χ3n) is 4.82. The SMILES string of the molecule is O=C(c1ccc(O)cc1)N1CCC[C@](CO)(CC2CC2)C1. The number of piperidine rings is 1. The van der Waals surface area contributed by atoms with Gasteiger partial charge in [-0.15, -0.1) is 0 Å². The van der Waals surface area contributed by atoms with Crippen LogP contribution in [0.5, 0.6) is 5.75 Å². The predicted molar refractivity (Wildman–Crippen MR) is 80.1 cm³/mol. The van der Waals surface area contributed by atoms with E-state index in [4.69, 9.17) is 0 Å². The Kier molecular flexibility index (Phi) is 3.89. The van der Waals surface area contributed by atoms with E-state index in [1.165, 1.54) is 12.8 Å². The summed E-state index contributed by atoms with van der Waals surface area (Å²) in [4.78, 5) is 14.4. The van der Waals surface area contributed by atoms with Crippen LogP contribution in [0.3, 0.4) is 0 Å². The topological polar surface area (TPSA) is 60.8 Å². The third-order valence-corrected chi connectivity index (χ3v) is 4.82. The molecule has 1 aromatic rings. The molecular weight excluding hydrogens is 266 g/mol. The summed E-state index contributed by atoms with van der Waals surface area (Å²) < 4.78 is 0. The number of likely N-dealkylation sites (tertiary alicyclic amines) is 1. The minimum atomic E-state index is -0.105. The summed E-state index contributed by atoms with van der Waals surface area (Å²) in [5.41, 5.74) is 0.499. The molecule has 1 heterocycles. The Morgan fingerprint density at radius 2 is 2.00 bits per heavy atom. The molecule has 2 aliphatic rings. The lowest BCUT2D eigenvalue weighted by atomic mass is 9.76. The molecule has 21 heavy (non-hydrogen) atoms. The van der Waals surface area contributed by atoms with Gasteiger partial charge in [-0.3, -0.25) is 4.79 Å². The van der Waals surface area contributed by atoms with E-state index in [2.05, 4.69) is 0 Å². The first-order valence-electron chi connectivity index (χ1n) is 7.81. The van der Waals surface area contributed by atoms with E-state index in [-0.39, 0.29) is 23.7 Å². The fourth-order valence-corrected chi connectivity index (χ4v) is 3.46. The van der Waals surface area contributed by atoms with Crippen LogP contribution in [0.2, 0.25) is 0 Å². The number of phenols is 1. The van der Waals surface area contributed by atoms with Crippen LogP contribution < -0.4 is 0 Å². The fourth-order valence-electron chi connectivity index (χ4n) is 3.46. The highest BCUT2D eigenvalue weighted by molar-refractivity contribution is 5.94. The molecule has 1 aliphatic heterocycles. The van der Waals surface area contributed by atoms with Gasteiger partial charge in [0.2, 0.25) is 0 Å². The monoisotopic (exact) mass is 289 g/mol. The average molecular weight is 289 g/mol. The van der Waals surface area contributed by atoms with Gasteiger partial charge in [-0.25, -0.2) is 0 Å². The van der Waals surface area contributed by atoms with E-state index < -0.39 is 0 Å². The highest BCUT2D eigenvalue weighted by Gasteiger charge is 2.41. The first-order valence-corrected chi connectivity index (χ1v) is 7.81. The van der Waals surface area contributed by atoms with E-state index in [0.29, 0.717) is 12.1 Å². The van der Waals surface area contributed by atoms with Crippen molar-refractivity contribution in [2.75, 3.05) is 19.7 Å². The second kappa shape index (κ2) is 5.68. The Hall–Kier alpha value is -1.55. The molecule has 0 unspecified atom stereocenters. The molecule has 114 valence electrons. The molecule has 3 rings (SSSR count). The van der Waals surface area contributed by atoms with Crippen LogP contribution in [0.15, 0.2) is 24.3 Å². The van der Waals surface area contributed by atoms with Gasteiger partial charge in [-0.2, -0.15) is 0 Å². The number of aliphatic hydroxyl groups is 1. The van der Waals surface area contributed by atoms with Gasteiger partial charge < -0.3 is 15.1 Å². The van der Waals surface area contributed by atoms with Crippen molar-refractivity contribution in [1.82, 2.24) is 4.90 Å². The number of amides is 1. The van der Waals surface area contributed by atoms with Crippen molar-refractivity contribution in [1.29, 1.82) is 0 Å². The van der Waals surface area contributed by atoms with Crippen molar-refractivity contribution >= 4 is 5.91 Å². The maximum absolute atomic E-state index is 12.6. The van der Waals surface area contributed by atoms with Crippen molar-refractivity contribution in [2.45, 2.75) is 32.1 Å². The number of hydrogen-bond acceptors (Lipinski definition) is 3. The fraction of sp³-hybridized carbons (Fsp3) is 0.588. The molecule has 0 radical (unpaired) electrons. The van der Waals surface area contributed by atoms with Gasteiger partial charge in [0.25, 0.3) is 5.91 Å². The van der Waals surface area contributed by atoms with Crippen LogP contribution in [-0.2, 0) is 0 Å². The van der Waals surface area contributed by atoms with Gasteiger partial charge in [-0.05, 0) is 49.4 Å². The zero-order valence-electron chi connectivity index (χ0n) is 12.3. The first-order chi connectivity index (χ1) is 10.1. The van der Waals surface area contributed by atoms with Gasteiger partial charge in [0.05, 0.1) is 6.61 Å². The summed E-state index contributed by atoms with van der Waals surface area (Å²) >= 11 is 0. The van der Waals surface area contributed by atoms with Crippen molar-refractivity contribution in [3.05, 3.63) is 29.8 Å². The largest absolute Gasteiger partial charge is 0.508 e. The zero-order chi connectivity index (χ0) is 14.9. The Morgan fingerprint density at radius 3 is 2.62 bits per heavy atom. The van der Waals surface area contributed by atoms with E-state index in [9.17, 15) is 15.0 Å². The predicted octanol–water partition coefficient (Wildman–Crippen LogP) is 2.41. The minimum absolute atomic E-state index is 0.00308. The van der Waals surface area contributed by atoms with E-state index in [1.54, 1.807) is 24.3 Å². The van der Waals surface area contributed by atoms with Crippen molar-refractivity contribution in [2.24, 2.45) is 11.3 Å². The highest BCUT2D eigenvalue weighted by Crippen LogP contribution is 2.44. The van der Waals surface area contributed by atoms with Crippen LogP contribution in [0.4, 0.5) is 0 Å². The number of benzene rings is 1. The summed E-state index contributed by atoms with van der Waals surface area (Å²) in [5, 5.41) is 19.2. The molecule has 1 amide bonds. The van der Waals surface area contributed by atoms with Crippen LogP contribution >= 0.6 is 0 Å². The number of nitrogens with zero attached hydrogens (tertiary/aromatic N) is 1. The number of carbonyl (C=O) groups is 1. The molecule has 2 N–H and O–H groups in total. The van der Waals surface area contributed by atoms with Crippen LogP contribution in [0.25, 0.3) is 0 Å². The first kappa shape index (κ1) is 14.4. The average Bonchev–Trinajstić information content (AvgIpc) is 3.31. The van der Waals surface area contributed by atoms with Gasteiger partial charge in [0.15, 0.2) is 0 Å². The van der Waals surface area contributed by atoms with Crippen LogP contribution in [-0.4, -0.2) is 40.7 Å². The van der Waals surface area contributed by atoms with Crippen molar-refractivity contribution in [3.8, 4) is 5.75 Å². The number of aromatic hydroxyl groups is 1. The molecule has 1 saturated heterocycles. The molecule has 0 spiro atoms. The second-order valence-corrected chi connectivity index (χ2v) is 6.68. The van der Waals surface area contributed by atoms with Gasteiger partial charge in [0, 0.05) is 24.1 Å². The summed E-state index contributed by atoms with van der Waals surface area (Å²) in [6.45, 7) is 1.58. The molecule has 2 fully saturated rings. The van der Waals surface area contributed by atoms with Gasteiger partial charge in [-0.1, -0.05) is 12.8 Å². The summed E-state index contributed by atoms with van der Waals surface area (Å²) in [6.07, 6.45) is 5.56. The van der Waals surface area contributed by atoms with E-state index >= 15 is 0 Å².